The van der Waals surface area contributed by atoms with E-state index >= 15 is 0 Å². The van der Waals surface area contributed by atoms with Crippen LogP contribution in [-0.4, -0.2) is 34.0 Å². The summed E-state index contributed by atoms with van der Waals surface area (Å²) in [6, 6.07) is 48.3. The first-order chi connectivity index (χ1) is 25.3. The van der Waals surface area contributed by atoms with Crippen LogP contribution in [0.4, 0.5) is 0 Å². The van der Waals surface area contributed by atoms with E-state index in [1.165, 1.54) is 16.7 Å². The molecule has 0 saturated carbocycles. The zero-order chi connectivity index (χ0) is 36.3. The van der Waals surface area contributed by atoms with Crippen molar-refractivity contribution in [2.75, 3.05) is 7.05 Å². The van der Waals surface area contributed by atoms with Crippen molar-refractivity contribution in [1.29, 1.82) is 0 Å². The SMILES string of the molecule is CCC(CCC(C)(C)c1ccc(-c2nc(-c3ccccc3)nc(-c3cccc(C)c3)n2)cc1)C(NCc1ccccc1)NC(=NC)c1ccccc1. The summed E-state index contributed by atoms with van der Waals surface area (Å²) in [4.78, 5) is 19.5. The maximum absolute atomic E-state index is 4.97. The zero-order valence-electron chi connectivity index (χ0n) is 31.1. The van der Waals surface area contributed by atoms with Gasteiger partial charge in [0.2, 0.25) is 0 Å². The molecule has 0 aliphatic carbocycles. The van der Waals surface area contributed by atoms with Gasteiger partial charge in [-0.05, 0) is 48.3 Å². The third-order valence-corrected chi connectivity index (χ3v) is 9.94. The third-order valence-electron chi connectivity index (χ3n) is 9.94. The molecule has 6 nitrogen and oxygen atoms in total. The first-order valence-corrected chi connectivity index (χ1v) is 18.4. The van der Waals surface area contributed by atoms with E-state index in [0.717, 1.165) is 53.9 Å². The molecule has 6 aromatic rings. The standard InChI is InChI=1S/C46H50N6/c1-6-35(42(48-32-34-18-10-7-11-19-34)49-41(47-5)36-20-12-8-13-21-36)29-30-46(3,4)40-27-25-38(26-28-40)44-50-43(37-22-14-9-15-23-37)51-45(52-44)39-24-16-17-33(2)31-39/h7-28,31,35,42,48H,6,29-30,32H2,1-5H3,(H,47,49). The molecule has 5 aromatic carbocycles. The van der Waals surface area contributed by atoms with Gasteiger partial charge in [-0.1, -0.05) is 166 Å². The molecule has 2 unspecified atom stereocenters. The van der Waals surface area contributed by atoms with Gasteiger partial charge in [0.25, 0.3) is 0 Å². The van der Waals surface area contributed by atoms with Gasteiger partial charge in [0, 0.05) is 35.8 Å². The molecule has 1 heterocycles. The van der Waals surface area contributed by atoms with Gasteiger partial charge in [-0.3, -0.25) is 10.3 Å². The van der Waals surface area contributed by atoms with Crippen molar-refractivity contribution >= 4 is 5.84 Å². The van der Waals surface area contributed by atoms with Crippen molar-refractivity contribution in [2.45, 2.75) is 65.1 Å². The molecule has 0 radical (unpaired) electrons. The van der Waals surface area contributed by atoms with E-state index in [1.807, 2.05) is 49.5 Å². The van der Waals surface area contributed by atoms with Crippen molar-refractivity contribution in [2.24, 2.45) is 10.9 Å². The summed E-state index contributed by atoms with van der Waals surface area (Å²) in [6.45, 7) is 9.86. The lowest BCUT2D eigenvalue weighted by molar-refractivity contribution is 0.277. The van der Waals surface area contributed by atoms with Gasteiger partial charge in [-0.2, -0.15) is 0 Å². The number of hydrogen-bond acceptors (Lipinski definition) is 5. The summed E-state index contributed by atoms with van der Waals surface area (Å²) in [6.07, 6.45) is 3.16. The van der Waals surface area contributed by atoms with Gasteiger partial charge in [0.05, 0.1) is 6.17 Å². The van der Waals surface area contributed by atoms with Crippen LogP contribution in [0.2, 0.25) is 0 Å². The van der Waals surface area contributed by atoms with Crippen LogP contribution in [0, 0.1) is 12.8 Å². The van der Waals surface area contributed by atoms with E-state index < -0.39 is 0 Å². The van der Waals surface area contributed by atoms with E-state index in [4.69, 9.17) is 15.0 Å². The highest BCUT2D eigenvalue weighted by atomic mass is 15.2. The topological polar surface area (TPSA) is 75.1 Å². The van der Waals surface area contributed by atoms with Crippen molar-refractivity contribution in [1.82, 2.24) is 25.6 Å². The Morgan fingerprint density at radius 2 is 1.23 bits per heavy atom. The minimum absolute atomic E-state index is 0.0436. The Morgan fingerprint density at radius 3 is 1.83 bits per heavy atom. The number of hydrogen-bond donors (Lipinski definition) is 2. The molecule has 52 heavy (non-hydrogen) atoms. The second-order valence-electron chi connectivity index (χ2n) is 14.1. The number of aryl methyl sites for hydroxylation is 1. The minimum atomic E-state index is -0.0436. The average Bonchev–Trinajstić information content (AvgIpc) is 3.19. The number of nitrogens with one attached hydrogen (secondary N) is 2. The highest BCUT2D eigenvalue weighted by Crippen LogP contribution is 2.33. The van der Waals surface area contributed by atoms with E-state index in [-0.39, 0.29) is 11.6 Å². The van der Waals surface area contributed by atoms with Crippen molar-refractivity contribution in [3.63, 3.8) is 0 Å². The fourth-order valence-corrected chi connectivity index (χ4v) is 6.68. The first kappa shape index (κ1) is 36.3. The lowest BCUT2D eigenvalue weighted by Gasteiger charge is -2.33. The predicted molar refractivity (Wildman–Crippen MR) is 216 cm³/mol. The second kappa shape index (κ2) is 17.2. The molecule has 6 heteroatoms. The lowest BCUT2D eigenvalue weighted by Crippen LogP contribution is -2.50. The molecule has 2 N–H and O–H groups in total. The smallest absolute Gasteiger partial charge is 0.164 e. The number of nitrogens with zero attached hydrogens (tertiary/aromatic N) is 4. The van der Waals surface area contributed by atoms with Crippen molar-refractivity contribution in [3.8, 4) is 34.2 Å². The maximum atomic E-state index is 4.97. The monoisotopic (exact) mass is 686 g/mol. The Morgan fingerprint density at radius 1 is 0.673 bits per heavy atom. The number of rotatable bonds is 14. The number of amidine groups is 1. The van der Waals surface area contributed by atoms with Crippen LogP contribution in [0.15, 0.2) is 145 Å². The normalized spacial score (nSPS) is 13.1. The Kier molecular flexibility index (Phi) is 12.0. The summed E-state index contributed by atoms with van der Waals surface area (Å²) in [5.41, 5.74) is 7.70. The maximum Gasteiger partial charge on any atom is 0.164 e. The van der Waals surface area contributed by atoms with Crippen molar-refractivity contribution in [3.05, 3.63) is 162 Å². The second-order valence-corrected chi connectivity index (χ2v) is 14.1. The molecule has 2 atom stereocenters. The minimum Gasteiger partial charge on any atom is -0.354 e. The summed E-state index contributed by atoms with van der Waals surface area (Å²) in [5.74, 6) is 3.30. The van der Waals surface area contributed by atoms with Gasteiger partial charge in [-0.15, -0.1) is 0 Å². The van der Waals surface area contributed by atoms with E-state index in [2.05, 4.69) is 140 Å². The predicted octanol–water partition coefficient (Wildman–Crippen LogP) is 10.0. The molecule has 264 valence electrons. The molecule has 1 aromatic heterocycles. The van der Waals surface area contributed by atoms with Gasteiger partial charge in [0.15, 0.2) is 17.5 Å². The summed E-state index contributed by atoms with van der Waals surface area (Å²) in [7, 11) is 1.86. The average molecular weight is 687 g/mol. The van der Waals surface area contributed by atoms with E-state index in [0.29, 0.717) is 23.4 Å². The van der Waals surface area contributed by atoms with E-state index in [9.17, 15) is 0 Å². The van der Waals surface area contributed by atoms with Crippen LogP contribution in [0.1, 0.15) is 62.3 Å². The molecule has 0 aliphatic rings. The molecule has 0 amide bonds. The number of aromatic nitrogens is 3. The molecule has 6 rings (SSSR count). The quantitative estimate of drug-likeness (QED) is 0.0678. The van der Waals surface area contributed by atoms with Crippen LogP contribution >= 0.6 is 0 Å². The molecular weight excluding hydrogens is 637 g/mol. The molecular formula is C46H50N6. The number of benzene rings is 5. The fourth-order valence-electron chi connectivity index (χ4n) is 6.68. The molecule has 0 saturated heterocycles. The fraction of sp³-hybridized carbons (Fsp3) is 0.261. The summed E-state index contributed by atoms with van der Waals surface area (Å²) in [5, 5.41) is 7.65. The van der Waals surface area contributed by atoms with Gasteiger partial charge >= 0.3 is 0 Å². The Balaban J connectivity index is 1.21. The molecule has 0 spiro atoms. The van der Waals surface area contributed by atoms with Crippen molar-refractivity contribution < 1.29 is 0 Å². The van der Waals surface area contributed by atoms with Crippen LogP contribution in [-0.2, 0) is 12.0 Å². The van der Waals surface area contributed by atoms with E-state index in [1.54, 1.807) is 0 Å². The van der Waals surface area contributed by atoms with Gasteiger partial charge in [-0.25, -0.2) is 15.0 Å². The summed E-state index contributed by atoms with van der Waals surface area (Å²) < 4.78 is 0. The summed E-state index contributed by atoms with van der Waals surface area (Å²) >= 11 is 0. The third kappa shape index (κ3) is 9.25. The largest absolute Gasteiger partial charge is 0.354 e. The molecule has 0 bridgehead atoms. The van der Waals surface area contributed by atoms with Gasteiger partial charge < -0.3 is 5.32 Å². The number of aliphatic imine (C=N–C) groups is 1. The Labute approximate surface area is 309 Å². The highest BCUT2D eigenvalue weighted by Gasteiger charge is 2.27. The Bertz CT molecular complexity index is 2040. The molecule has 0 fully saturated rings. The highest BCUT2D eigenvalue weighted by molar-refractivity contribution is 5.98. The van der Waals surface area contributed by atoms with Crippen LogP contribution < -0.4 is 10.6 Å². The van der Waals surface area contributed by atoms with Crippen LogP contribution in [0.5, 0.6) is 0 Å². The van der Waals surface area contributed by atoms with Crippen LogP contribution in [0.3, 0.4) is 0 Å². The van der Waals surface area contributed by atoms with Gasteiger partial charge in [0.1, 0.15) is 5.84 Å². The lowest BCUT2D eigenvalue weighted by atomic mass is 9.77. The van der Waals surface area contributed by atoms with Crippen LogP contribution in [0.25, 0.3) is 34.2 Å². The Hall–Kier alpha value is -5.46. The zero-order valence-corrected chi connectivity index (χ0v) is 31.1. The molecule has 0 aliphatic heterocycles. The first-order valence-electron chi connectivity index (χ1n) is 18.4.